The quantitative estimate of drug-likeness (QED) is 0.775. The summed E-state index contributed by atoms with van der Waals surface area (Å²) in [6.07, 6.45) is 0. The van der Waals surface area contributed by atoms with Crippen molar-refractivity contribution in [2.75, 3.05) is 5.75 Å². The van der Waals surface area contributed by atoms with Gasteiger partial charge < -0.3 is 0 Å². The van der Waals surface area contributed by atoms with Gasteiger partial charge >= 0.3 is 0 Å². The second-order valence-corrected chi connectivity index (χ2v) is 9.10. The first-order valence-electron chi connectivity index (χ1n) is 5.24. The molecule has 1 aromatic rings. The van der Waals surface area contributed by atoms with Crippen LogP contribution in [0.25, 0.3) is 0 Å². The molecule has 3 nitrogen and oxygen atoms in total. The van der Waals surface area contributed by atoms with Gasteiger partial charge in [0.2, 0.25) is 0 Å². The third kappa shape index (κ3) is 3.89. The third-order valence-corrected chi connectivity index (χ3v) is 6.69. The van der Waals surface area contributed by atoms with Crippen molar-refractivity contribution in [3.8, 4) is 0 Å². The maximum Gasteiger partial charge on any atom is 0.187 e. The average Bonchev–Trinajstić information content (AvgIpc) is 2.63. The average molecular weight is 339 g/mol. The number of hydrogen-bond acceptors (Lipinski definition) is 4. The number of thiophene rings is 1. The topological polar surface area (TPSA) is 51.2 Å². The lowest BCUT2D eigenvalue weighted by Gasteiger charge is -2.15. The van der Waals surface area contributed by atoms with Crippen LogP contribution in [0.4, 0.5) is 0 Å². The first-order valence-corrected chi connectivity index (χ1v) is 8.56. The van der Waals surface area contributed by atoms with Gasteiger partial charge in [0.25, 0.3) is 0 Å². The molecule has 1 heterocycles. The Morgan fingerprint density at radius 1 is 1.35 bits per heavy atom. The molecule has 0 fully saturated rings. The molecule has 6 heteroatoms. The summed E-state index contributed by atoms with van der Waals surface area (Å²) < 4.78 is 24.7. The summed E-state index contributed by atoms with van der Waals surface area (Å²) in [6.45, 7) is 5.33. The minimum Gasteiger partial charge on any atom is -0.292 e. The highest BCUT2D eigenvalue weighted by Gasteiger charge is 2.27. The van der Waals surface area contributed by atoms with E-state index in [1.54, 1.807) is 19.1 Å². The third-order valence-electron chi connectivity index (χ3n) is 2.69. The molecule has 0 aliphatic rings. The number of Topliss-reactive ketones (excluding diaryl/α,β-unsaturated/α-hetero) is 1. The van der Waals surface area contributed by atoms with E-state index in [1.165, 1.54) is 11.3 Å². The Hall–Kier alpha value is -0.200. The first kappa shape index (κ1) is 14.9. The van der Waals surface area contributed by atoms with E-state index in [0.717, 1.165) is 3.79 Å². The summed E-state index contributed by atoms with van der Waals surface area (Å²) in [5, 5.41) is -0.491. The molecule has 0 aliphatic heterocycles. The Balaban J connectivity index is 2.82. The van der Waals surface area contributed by atoms with Gasteiger partial charge in [0.1, 0.15) is 5.75 Å². The largest absolute Gasteiger partial charge is 0.292 e. The molecule has 1 unspecified atom stereocenters. The van der Waals surface area contributed by atoms with Crippen LogP contribution < -0.4 is 0 Å². The molecule has 0 radical (unpaired) electrons. The van der Waals surface area contributed by atoms with Crippen molar-refractivity contribution in [3.63, 3.8) is 0 Å². The number of sulfone groups is 1. The Morgan fingerprint density at radius 3 is 2.35 bits per heavy atom. The number of ketones is 1. The Bertz CT molecular complexity index is 503. The standard InChI is InChI=1S/C11H15BrO3S2/c1-7(2)8(3)17(14,15)6-9(13)10-4-5-11(12)16-10/h4-5,7-8H,6H2,1-3H3. The van der Waals surface area contributed by atoms with Gasteiger partial charge in [0, 0.05) is 0 Å². The summed E-state index contributed by atoms with van der Waals surface area (Å²) in [4.78, 5) is 12.3. The van der Waals surface area contributed by atoms with Gasteiger partial charge in [-0.3, -0.25) is 4.79 Å². The van der Waals surface area contributed by atoms with Gasteiger partial charge in [0.05, 0.1) is 13.9 Å². The Kier molecular flexibility index (Phi) is 4.92. The minimum absolute atomic E-state index is 0.0165. The highest BCUT2D eigenvalue weighted by atomic mass is 79.9. The fraction of sp³-hybridized carbons (Fsp3) is 0.545. The highest BCUT2D eigenvalue weighted by Crippen LogP contribution is 2.23. The monoisotopic (exact) mass is 338 g/mol. The molecule has 0 aliphatic carbocycles. The molecular formula is C11H15BrO3S2. The number of carbonyl (C=O) groups is 1. The van der Waals surface area contributed by atoms with Gasteiger partial charge in [-0.05, 0) is 40.9 Å². The number of hydrogen-bond donors (Lipinski definition) is 0. The van der Waals surface area contributed by atoms with Crippen molar-refractivity contribution < 1.29 is 13.2 Å². The van der Waals surface area contributed by atoms with Crippen molar-refractivity contribution in [2.45, 2.75) is 26.0 Å². The lowest BCUT2D eigenvalue weighted by molar-refractivity contribution is 0.102. The van der Waals surface area contributed by atoms with Crippen LogP contribution in [0.15, 0.2) is 15.9 Å². The fourth-order valence-corrected chi connectivity index (χ4v) is 4.29. The SMILES string of the molecule is CC(C)C(C)S(=O)(=O)CC(=O)c1ccc(Br)s1. The molecule has 1 atom stereocenters. The van der Waals surface area contributed by atoms with E-state index in [1.807, 2.05) is 13.8 Å². The zero-order chi connectivity index (χ0) is 13.2. The van der Waals surface area contributed by atoms with E-state index in [9.17, 15) is 13.2 Å². The van der Waals surface area contributed by atoms with Crippen LogP contribution in [0.1, 0.15) is 30.4 Å². The van der Waals surface area contributed by atoms with E-state index in [4.69, 9.17) is 0 Å². The van der Waals surface area contributed by atoms with Crippen LogP contribution in [0.2, 0.25) is 0 Å². The summed E-state index contributed by atoms with van der Waals surface area (Å²) in [6, 6.07) is 3.39. The molecular weight excluding hydrogens is 324 g/mol. The highest BCUT2D eigenvalue weighted by molar-refractivity contribution is 9.11. The van der Waals surface area contributed by atoms with E-state index < -0.39 is 20.8 Å². The zero-order valence-corrected chi connectivity index (χ0v) is 13.2. The fourth-order valence-electron chi connectivity index (χ4n) is 1.26. The van der Waals surface area contributed by atoms with Gasteiger partial charge in [-0.2, -0.15) is 0 Å². The predicted octanol–water partition coefficient (Wildman–Crippen LogP) is 3.15. The molecule has 0 bridgehead atoms. The van der Waals surface area contributed by atoms with Crippen LogP contribution >= 0.6 is 27.3 Å². The van der Waals surface area contributed by atoms with E-state index in [0.29, 0.717) is 4.88 Å². The van der Waals surface area contributed by atoms with Crippen LogP contribution in [0, 0.1) is 5.92 Å². The van der Waals surface area contributed by atoms with Crippen molar-refractivity contribution in [3.05, 3.63) is 20.8 Å². The maximum atomic E-state index is 11.9. The molecule has 1 aromatic heterocycles. The molecule has 1 rings (SSSR count). The van der Waals surface area contributed by atoms with Crippen molar-refractivity contribution in [1.29, 1.82) is 0 Å². The maximum absolute atomic E-state index is 11.9. The number of halogens is 1. The smallest absolute Gasteiger partial charge is 0.187 e. The lowest BCUT2D eigenvalue weighted by atomic mass is 10.2. The van der Waals surface area contributed by atoms with Crippen LogP contribution in [-0.2, 0) is 9.84 Å². The van der Waals surface area contributed by atoms with Crippen LogP contribution in [0.5, 0.6) is 0 Å². The molecule has 0 amide bonds. The predicted molar refractivity (Wildman–Crippen MR) is 74.4 cm³/mol. The zero-order valence-electron chi connectivity index (χ0n) is 9.94. The molecule has 17 heavy (non-hydrogen) atoms. The lowest BCUT2D eigenvalue weighted by Crippen LogP contribution is -2.29. The van der Waals surface area contributed by atoms with Gasteiger partial charge in [-0.15, -0.1) is 11.3 Å². The van der Waals surface area contributed by atoms with E-state index in [-0.39, 0.29) is 11.7 Å². The van der Waals surface area contributed by atoms with Crippen molar-refractivity contribution in [2.24, 2.45) is 5.92 Å². The number of carbonyl (C=O) groups excluding carboxylic acids is 1. The van der Waals surface area contributed by atoms with Crippen LogP contribution in [0.3, 0.4) is 0 Å². The first-order chi connectivity index (χ1) is 7.74. The molecule has 0 aromatic carbocycles. The Labute approximate surface area is 114 Å². The van der Waals surface area contributed by atoms with Gasteiger partial charge in [0.15, 0.2) is 15.6 Å². The van der Waals surface area contributed by atoms with E-state index >= 15 is 0 Å². The summed E-state index contributed by atoms with van der Waals surface area (Å²) in [5.41, 5.74) is 0. The second kappa shape index (κ2) is 5.63. The molecule has 0 spiro atoms. The summed E-state index contributed by atoms with van der Waals surface area (Å²) in [7, 11) is -3.36. The Morgan fingerprint density at radius 2 is 1.94 bits per heavy atom. The van der Waals surface area contributed by atoms with Crippen molar-refractivity contribution >= 4 is 42.9 Å². The minimum atomic E-state index is -3.36. The van der Waals surface area contributed by atoms with Crippen LogP contribution in [-0.4, -0.2) is 25.2 Å². The van der Waals surface area contributed by atoms with Crippen molar-refractivity contribution in [1.82, 2.24) is 0 Å². The molecule has 0 saturated carbocycles. The van der Waals surface area contributed by atoms with E-state index in [2.05, 4.69) is 15.9 Å². The summed E-state index contributed by atoms with van der Waals surface area (Å²) >= 11 is 4.51. The molecule has 0 N–H and O–H groups in total. The van der Waals surface area contributed by atoms with Gasteiger partial charge in [-0.25, -0.2) is 8.42 Å². The number of rotatable bonds is 5. The molecule has 96 valence electrons. The molecule has 0 saturated heterocycles. The second-order valence-electron chi connectivity index (χ2n) is 4.28. The summed E-state index contributed by atoms with van der Waals surface area (Å²) in [5.74, 6) is -0.713. The van der Waals surface area contributed by atoms with Gasteiger partial charge in [-0.1, -0.05) is 13.8 Å². The normalized spacial score (nSPS) is 13.9.